The Morgan fingerprint density at radius 3 is 2.63 bits per heavy atom. The number of rotatable bonds is 3. The molecule has 0 saturated carbocycles. The van der Waals surface area contributed by atoms with E-state index in [2.05, 4.69) is 21.0 Å². The van der Waals surface area contributed by atoms with Crippen molar-refractivity contribution in [2.24, 2.45) is 0 Å². The van der Waals surface area contributed by atoms with E-state index in [0.29, 0.717) is 27.5 Å². The molecule has 0 amide bonds. The third-order valence-electron chi connectivity index (χ3n) is 2.63. The summed E-state index contributed by atoms with van der Waals surface area (Å²) in [5.41, 5.74) is 7.11. The van der Waals surface area contributed by atoms with E-state index >= 15 is 0 Å². The number of nitrogens with zero attached hydrogens (tertiary/aromatic N) is 2. The van der Waals surface area contributed by atoms with E-state index < -0.39 is 0 Å². The fourth-order valence-electron chi connectivity index (χ4n) is 1.69. The van der Waals surface area contributed by atoms with E-state index in [1.807, 2.05) is 20.8 Å². The highest BCUT2D eigenvalue weighted by Crippen LogP contribution is 2.33. The number of aromatic nitrogens is 2. The summed E-state index contributed by atoms with van der Waals surface area (Å²) in [4.78, 5) is 0. The molecule has 0 fully saturated rings. The van der Waals surface area contributed by atoms with Crippen molar-refractivity contribution in [3.63, 3.8) is 0 Å². The summed E-state index contributed by atoms with van der Waals surface area (Å²) in [6, 6.07) is 4.44. The second kappa shape index (κ2) is 5.21. The minimum atomic E-state index is -0.379. The molecule has 19 heavy (non-hydrogen) atoms. The number of benzene rings is 1. The molecule has 1 aromatic heterocycles. The Labute approximate surface area is 119 Å². The molecule has 0 radical (unpaired) electrons. The average Bonchev–Trinajstić information content (AvgIpc) is 2.56. The van der Waals surface area contributed by atoms with Crippen LogP contribution in [0.3, 0.4) is 0 Å². The predicted octanol–water partition coefficient (Wildman–Crippen LogP) is 4.05. The zero-order valence-corrected chi connectivity index (χ0v) is 12.5. The van der Waals surface area contributed by atoms with Gasteiger partial charge in [0.15, 0.2) is 0 Å². The second-order valence-electron chi connectivity index (χ2n) is 4.55. The summed E-state index contributed by atoms with van der Waals surface area (Å²) < 4.78 is 21.3. The molecular weight excluding hydrogens is 313 g/mol. The van der Waals surface area contributed by atoms with Gasteiger partial charge in [0.25, 0.3) is 0 Å². The number of nitrogen functional groups attached to an aromatic ring is 1. The lowest BCUT2D eigenvalue weighted by Crippen LogP contribution is -2.05. The molecule has 0 aliphatic heterocycles. The molecule has 1 aromatic carbocycles. The maximum Gasteiger partial charge on any atom is 0.241 e. The molecule has 6 heteroatoms. The van der Waals surface area contributed by atoms with Crippen LogP contribution in [0.1, 0.15) is 25.6 Å². The lowest BCUT2D eigenvalue weighted by molar-refractivity contribution is 0.388. The maximum absolute atomic E-state index is 13.3. The molecular formula is C13H15BrFN3O. The van der Waals surface area contributed by atoms with E-state index in [1.54, 1.807) is 10.7 Å². The fourth-order valence-corrected chi connectivity index (χ4v) is 2.13. The van der Waals surface area contributed by atoms with Crippen LogP contribution in [0, 0.1) is 12.7 Å². The Morgan fingerprint density at radius 2 is 2.05 bits per heavy atom. The van der Waals surface area contributed by atoms with Crippen LogP contribution in [-0.4, -0.2) is 9.78 Å². The van der Waals surface area contributed by atoms with Gasteiger partial charge in [-0.2, -0.15) is 5.10 Å². The topological polar surface area (TPSA) is 53.1 Å². The van der Waals surface area contributed by atoms with Crippen LogP contribution in [0.4, 0.5) is 10.1 Å². The Bertz CT molecular complexity index is 590. The number of hydrogen-bond acceptors (Lipinski definition) is 3. The van der Waals surface area contributed by atoms with Gasteiger partial charge >= 0.3 is 0 Å². The third kappa shape index (κ3) is 2.89. The molecule has 102 valence electrons. The van der Waals surface area contributed by atoms with E-state index in [9.17, 15) is 4.39 Å². The highest BCUT2D eigenvalue weighted by atomic mass is 79.9. The van der Waals surface area contributed by atoms with Crippen molar-refractivity contribution >= 4 is 21.6 Å². The zero-order valence-electron chi connectivity index (χ0n) is 10.9. The normalized spacial score (nSPS) is 11.1. The molecule has 0 aliphatic carbocycles. The molecule has 1 heterocycles. The molecule has 0 bridgehead atoms. The number of hydrogen-bond donors (Lipinski definition) is 1. The van der Waals surface area contributed by atoms with Gasteiger partial charge < -0.3 is 10.5 Å². The minimum absolute atomic E-state index is 0.1000. The van der Waals surface area contributed by atoms with E-state index in [4.69, 9.17) is 10.5 Å². The monoisotopic (exact) mass is 327 g/mol. The summed E-state index contributed by atoms with van der Waals surface area (Å²) in [6.07, 6.45) is 0. The maximum atomic E-state index is 13.3. The summed E-state index contributed by atoms with van der Waals surface area (Å²) in [7, 11) is 0. The third-order valence-corrected chi connectivity index (χ3v) is 3.08. The average molecular weight is 328 g/mol. The van der Waals surface area contributed by atoms with E-state index in [0.717, 1.165) is 0 Å². The number of halogens is 2. The van der Waals surface area contributed by atoms with E-state index in [-0.39, 0.29) is 11.9 Å². The van der Waals surface area contributed by atoms with Gasteiger partial charge in [-0.1, -0.05) is 15.9 Å². The molecule has 0 spiro atoms. The number of anilines is 1. The Balaban J connectivity index is 2.42. The molecule has 0 saturated heterocycles. The van der Waals surface area contributed by atoms with Crippen LogP contribution < -0.4 is 10.5 Å². The van der Waals surface area contributed by atoms with Crippen molar-refractivity contribution in [1.82, 2.24) is 9.78 Å². The molecule has 2 aromatic rings. The summed E-state index contributed by atoms with van der Waals surface area (Å²) in [5, 5.41) is 4.31. The van der Waals surface area contributed by atoms with Crippen molar-refractivity contribution in [3.8, 4) is 11.6 Å². The van der Waals surface area contributed by atoms with Gasteiger partial charge in [0.2, 0.25) is 5.88 Å². The van der Waals surface area contributed by atoms with Gasteiger partial charge in [-0.15, -0.1) is 0 Å². The van der Waals surface area contributed by atoms with Crippen molar-refractivity contribution in [2.45, 2.75) is 26.8 Å². The number of aryl methyl sites for hydroxylation is 1. The van der Waals surface area contributed by atoms with Gasteiger partial charge in [-0.25, -0.2) is 9.07 Å². The Hall–Kier alpha value is -1.56. The fraction of sp³-hybridized carbons (Fsp3) is 0.308. The quantitative estimate of drug-likeness (QED) is 0.925. The summed E-state index contributed by atoms with van der Waals surface area (Å²) in [5.74, 6) is 0.431. The highest BCUT2D eigenvalue weighted by molar-refractivity contribution is 9.10. The first-order valence-corrected chi connectivity index (χ1v) is 6.66. The van der Waals surface area contributed by atoms with Crippen molar-refractivity contribution in [3.05, 3.63) is 34.2 Å². The molecule has 0 atom stereocenters. The van der Waals surface area contributed by atoms with Gasteiger partial charge in [0.05, 0.1) is 11.7 Å². The molecule has 0 unspecified atom stereocenters. The molecule has 2 N–H and O–H groups in total. The first-order chi connectivity index (χ1) is 8.88. The Morgan fingerprint density at radius 1 is 1.37 bits per heavy atom. The predicted molar refractivity (Wildman–Crippen MR) is 75.9 cm³/mol. The standard InChI is InChI=1S/C13H15BrFN3O/c1-7(2)18-13(12(16)8(3)17-18)19-11-5-9(14)4-10(15)6-11/h4-7H,16H2,1-3H3. The van der Waals surface area contributed by atoms with Crippen LogP contribution in [0.2, 0.25) is 0 Å². The van der Waals surface area contributed by atoms with Crippen LogP contribution in [0.15, 0.2) is 22.7 Å². The number of nitrogens with two attached hydrogens (primary N) is 1. The van der Waals surface area contributed by atoms with Crippen LogP contribution in [-0.2, 0) is 0 Å². The van der Waals surface area contributed by atoms with Crippen molar-refractivity contribution < 1.29 is 9.13 Å². The second-order valence-corrected chi connectivity index (χ2v) is 5.47. The highest BCUT2D eigenvalue weighted by Gasteiger charge is 2.17. The largest absolute Gasteiger partial charge is 0.437 e. The lowest BCUT2D eigenvalue weighted by atomic mass is 10.3. The van der Waals surface area contributed by atoms with Crippen LogP contribution in [0.5, 0.6) is 11.6 Å². The summed E-state index contributed by atoms with van der Waals surface area (Å²) >= 11 is 3.22. The van der Waals surface area contributed by atoms with Gasteiger partial charge in [-0.05, 0) is 32.9 Å². The minimum Gasteiger partial charge on any atom is -0.437 e. The lowest BCUT2D eigenvalue weighted by Gasteiger charge is -2.12. The molecule has 4 nitrogen and oxygen atoms in total. The SMILES string of the molecule is Cc1nn(C(C)C)c(Oc2cc(F)cc(Br)c2)c1N. The zero-order chi connectivity index (χ0) is 14.2. The summed E-state index contributed by atoms with van der Waals surface area (Å²) in [6.45, 7) is 5.75. The first kappa shape index (κ1) is 13.9. The van der Waals surface area contributed by atoms with Gasteiger partial charge in [0, 0.05) is 10.5 Å². The number of ether oxygens (including phenoxy) is 1. The van der Waals surface area contributed by atoms with E-state index in [1.165, 1.54) is 12.1 Å². The molecule has 2 rings (SSSR count). The van der Waals surface area contributed by atoms with Gasteiger partial charge in [-0.3, -0.25) is 0 Å². The van der Waals surface area contributed by atoms with Gasteiger partial charge in [0.1, 0.15) is 17.3 Å². The van der Waals surface area contributed by atoms with Crippen LogP contribution >= 0.6 is 15.9 Å². The van der Waals surface area contributed by atoms with Crippen LogP contribution in [0.25, 0.3) is 0 Å². The van der Waals surface area contributed by atoms with Crippen molar-refractivity contribution in [1.29, 1.82) is 0 Å². The van der Waals surface area contributed by atoms with Crippen molar-refractivity contribution in [2.75, 3.05) is 5.73 Å². The molecule has 0 aliphatic rings. The smallest absolute Gasteiger partial charge is 0.241 e. The first-order valence-electron chi connectivity index (χ1n) is 5.87. The Kier molecular flexibility index (Phi) is 3.80.